The summed E-state index contributed by atoms with van der Waals surface area (Å²) in [5.74, 6) is 0.679. The van der Waals surface area contributed by atoms with E-state index in [0.29, 0.717) is 23.8 Å². The van der Waals surface area contributed by atoms with Crippen LogP contribution in [-0.2, 0) is 19.0 Å². The van der Waals surface area contributed by atoms with Gasteiger partial charge in [-0.25, -0.2) is 4.68 Å². The second-order valence-electron chi connectivity index (χ2n) is 6.29. The lowest BCUT2D eigenvalue weighted by atomic mass is 10.1. The molecular formula is C19H14Cl2F3N3. The van der Waals surface area contributed by atoms with Crippen LogP contribution >= 0.6 is 23.2 Å². The standard InChI is InChI=1S/C19H14Cl2F3N3/c20-14-4-2-1-3-11(14)9-16-13-7-8-25-18(13)27(26-16)17-10-12(19(22,23)24)5-6-15(17)21/h1-6,10,25H,7-9H2. The van der Waals surface area contributed by atoms with Crippen LogP contribution in [-0.4, -0.2) is 16.3 Å². The Morgan fingerprint density at radius 3 is 2.59 bits per heavy atom. The van der Waals surface area contributed by atoms with Crippen LogP contribution in [0, 0.1) is 0 Å². The Morgan fingerprint density at radius 2 is 1.85 bits per heavy atom. The van der Waals surface area contributed by atoms with E-state index in [2.05, 4.69) is 10.4 Å². The zero-order chi connectivity index (χ0) is 19.2. The molecule has 4 rings (SSSR count). The Morgan fingerprint density at radius 1 is 1.07 bits per heavy atom. The van der Waals surface area contributed by atoms with Gasteiger partial charge in [-0.1, -0.05) is 41.4 Å². The number of halogens is 5. The number of hydrogen-bond acceptors (Lipinski definition) is 2. The molecule has 1 aromatic heterocycles. The Kier molecular flexibility index (Phi) is 4.56. The van der Waals surface area contributed by atoms with Crippen molar-refractivity contribution >= 4 is 29.0 Å². The third-order valence-corrected chi connectivity index (χ3v) is 5.24. The van der Waals surface area contributed by atoms with Crippen molar-refractivity contribution in [2.45, 2.75) is 19.0 Å². The second-order valence-corrected chi connectivity index (χ2v) is 7.11. The molecular weight excluding hydrogens is 398 g/mol. The van der Waals surface area contributed by atoms with Gasteiger partial charge in [0.05, 0.1) is 22.0 Å². The van der Waals surface area contributed by atoms with Gasteiger partial charge in [-0.3, -0.25) is 0 Å². The zero-order valence-corrected chi connectivity index (χ0v) is 15.5. The summed E-state index contributed by atoms with van der Waals surface area (Å²) >= 11 is 12.4. The van der Waals surface area contributed by atoms with Crippen LogP contribution in [0.5, 0.6) is 0 Å². The molecule has 8 heteroatoms. The number of nitrogens with zero attached hydrogens (tertiary/aromatic N) is 2. The highest BCUT2D eigenvalue weighted by molar-refractivity contribution is 6.32. The van der Waals surface area contributed by atoms with E-state index in [1.54, 1.807) is 6.07 Å². The maximum Gasteiger partial charge on any atom is 0.416 e. The summed E-state index contributed by atoms with van der Waals surface area (Å²) in [6, 6.07) is 10.7. The molecule has 1 aliphatic rings. The van der Waals surface area contributed by atoms with E-state index in [4.69, 9.17) is 23.2 Å². The van der Waals surface area contributed by atoms with Gasteiger partial charge in [-0.05, 0) is 36.2 Å². The summed E-state index contributed by atoms with van der Waals surface area (Å²) in [6.07, 6.45) is -3.22. The molecule has 27 heavy (non-hydrogen) atoms. The maximum absolute atomic E-state index is 13.1. The number of benzene rings is 2. The minimum atomic E-state index is -4.45. The molecule has 0 unspecified atom stereocenters. The Balaban J connectivity index is 1.81. The quantitative estimate of drug-likeness (QED) is 0.593. The molecule has 0 amide bonds. The van der Waals surface area contributed by atoms with Crippen molar-refractivity contribution < 1.29 is 13.2 Å². The number of hydrogen-bond donors (Lipinski definition) is 1. The molecule has 0 saturated heterocycles. The van der Waals surface area contributed by atoms with Crippen molar-refractivity contribution in [1.29, 1.82) is 0 Å². The molecule has 1 aliphatic heterocycles. The molecule has 0 aliphatic carbocycles. The molecule has 0 fully saturated rings. The van der Waals surface area contributed by atoms with Crippen molar-refractivity contribution in [2.75, 3.05) is 11.9 Å². The van der Waals surface area contributed by atoms with E-state index >= 15 is 0 Å². The molecule has 0 atom stereocenters. The van der Waals surface area contributed by atoms with Crippen LogP contribution < -0.4 is 5.32 Å². The summed E-state index contributed by atoms with van der Waals surface area (Å²) in [4.78, 5) is 0. The van der Waals surface area contributed by atoms with Gasteiger partial charge in [0.25, 0.3) is 0 Å². The smallest absolute Gasteiger partial charge is 0.369 e. The molecule has 3 nitrogen and oxygen atoms in total. The van der Waals surface area contributed by atoms with E-state index < -0.39 is 11.7 Å². The highest BCUT2D eigenvalue weighted by Gasteiger charge is 2.32. The van der Waals surface area contributed by atoms with Crippen molar-refractivity contribution in [2.24, 2.45) is 0 Å². The largest absolute Gasteiger partial charge is 0.416 e. The predicted octanol–water partition coefficient (Wildman–Crippen LogP) is 5.76. The number of fused-ring (bicyclic) bond motifs is 1. The topological polar surface area (TPSA) is 29.9 Å². The molecule has 2 heterocycles. The summed E-state index contributed by atoms with van der Waals surface area (Å²) in [5.41, 5.74) is 2.09. The van der Waals surface area contributed by atoms with Crippen molar-refractivity contribution in [3.8, 4) is 5.69 Å². The molecule has 0 radical (unpaired) electrons. The zero-order valence-electron chi connectivity index (χ0n) is 13.9. The summed E-state index contributed by atoms with van der Waals surface area (Å²) in [6.45, 7) is 0.694. The van der Waals surface area contributed by atoms with Crippen LogP contribution in [0.15, 0.2) is 42.5 Å². The van der Waals surface area contributed by atoms with Crippen LogP contribution in [0.1, 0.15) is 22.4 Å². The van der Waals surface area contributed by atoms with Crippen LogP contribution in [0.2, 0.25) is 10.0 Å². The number of alkyl halides is 3. The molecule has 140 valence electrons. The van der Waals surface area contributed by atoms with Crippen molar-refractivity contribution in [3.05, 3.63) is 74.9 Å². The number of rotatable bonds is 3. The van der Waals surface area contributed by atoms with Gasteiger partial charge in [0.2, 0.25) is 0 Å². The van der Waals surface area contributed by atoms with Gasteiger partial charge < -0.3 is 5.32 Å². The first-order valence-electron chi connectivity index (χ1n) is 8.30. The molecule has 0 bridgehead atoms. The van der Waals surface area contributed by atoms with E-state index in [9.17, 15) is 13.2 Å². The number of anilines is 1. The van der Waals surface area contributed by atoms with Crippen LogP contribution in [0.25, 0.3) is 5.69 Å². The first-order valence-corrected chi connectivity index (χ1v) is 9.05. The fourth-order valence-electron chi connectivity index (χ4n) is 3.24. The highest BCUT2D eigenvalue weighted by Crippen LogP contribution is 2.36. The van der Waals surface area contributed by atoms with E-state index in [-0.39, 0.29) is 10.7 Å². The fraction of sp³-hybridized carbons (Fsp3) is 0.211. The van der Waals surface area contributed by atoms with Gasteiger partial charge in [0.1, 0.15) is 5.82 Å². The molecule has 0 spiro atoms. The van der Waals surface area contributed by atoms with Crippen molar-refractivity contribution in [3.63, 3.8) is 0 Å². The SMILES string of the molecule is FC(F)(F)c1ccc(Cl)c(-n2nc(Cc3ccccc3Cl)c3c2NCC3)c1. The minimum absolute atomic E-state index is 0.197. The average Bonchev–Trinajstić information content (AvgIpc) is 3.20. The Bertz CT molecular complexity index is 1010. The van der Waals surface area contributed by atoms with E-state index in [0.717, 1.165) is 35.4 Å². The number of aromatic nitrogens is 2. The molecule has 3 aromatic rings. The lowest BCUT2D eigenvalue weighted by molar-refractivity contribution is -0.137. The fourth-order valence-corrected chi connectivity index (χ4v) is 3.64. The monoisotopic (exact) mass is 411 g/mol. The first kappa shape index (κ1) is 18.2. The van der Waals surface area contributed by atoms with Crippen LogP contribution in [0.4, 0.5) is 19.0 Å². The van der Waals surface area contributed by atoms with E-state index in [1.807, 2.05) is 18.2 Å². The normalized spacial score (nSPS) is 13.5. The third kappa shape index (κ3) is 3.39. The summed E-state index contributed by atoms with van der Waals surface area (Å²) in [5, 5.41) is 8.60. The molecule has 2 aromatic carbocycles. The average molecular weight is 412 g/mol. The third-order valence-electron chi connectivity index (χ3n) is 4.55. The van der Waals surface area contributed by atoms with Gasteiger partial charge in [0.15, 0.2) is 0 Å². The molecule has 1 N–H and O–H groups in total. The highest BCUT2D eigenvalue weighted by atomic mass is 35.5. The Hall–Kier alpha value is -2.18. The lowest BCUT2D eigenvalue weighted by Crippen LogP contribution is -2.09. The summed E-state index contributed by atoms with van der Waals surface area (Å²) < 4.78 is 40.8. The van der Waals surface area contributed by atoms with Crippen LogP contribution in [0.3, 0.4) is 0 Å². The second kappa shape index (κ2) is 6.77. The molecule has 0 saturated carbocycles. The lowest BCUT2D eigenvalue weighted by Gasteiger charge is -2.12. The Labute approximate surface area is 163 Å². The van der Waals surface area contributed by atoms with Gasteiger partial charge >= 0.3 is 6.18 Å². The predicted molar refractivity (Wildman–Crippen MR) is 100 cm³/mol. The summed E-state index contributed by atoms with van der Waals surface area (Å²) in [7, 11) is 0. The number of nitrogens with one attached hydrogen (secondary N) is 1. The first-order chi connectivity index (χ1) is 12.8. The van der Waals surface area contributed by atoms with Gasteiger partial charge in [-0.15, -0.1) is 0 Å². The van der Waals surface area contributed by atoms with Crippen molar-refractivity contribution in [1.82, 2.24) is 9.78 Å². The van der Waals surface area contributed by atoms with Gasteiger partial charge in [-0.2, -0.15) is 18.3 Å². The maximum atomic E-state index is 13.1. The van der Waals surface area contributed by atoms with Gasteiger partial charge in [0, 0.05) is 23.6 Å². The van der Waals surface area contributed by atoms with E-state index in [1.165, 1.54) is 10.7 Å². The minimum Gasteiger partial charge on any atom is -0.369 e.